The van der Waals surface area contributed by atoms with Crippen molar-refractivity contribution in [2.24, 2.45) is 11.7 Å². The monoisotopic (exact) mass is 198 g/mol. The van der Waals surface area contributed by atoms with Gasteiger partial charge in [0.2, 0.25) is 0 Å². The van der Waals surface area contributed by atoms with Crippen molar-refractivity contribution in [3.63, 3.8) is 0 Å². The van der Waals surface area contributed by atoms with E-state index in [1.165, 1.54) is 32.2 Å². The normalized spacial score (nSPS) is 25.9. The van der Waals surface area contributed by atoms with Gasteiger partial charge in [0.1, 0.15) is 0 Å². The molecule has 1 aliphatic heterocycles. The first-order valence-corrected chi connectivity index (χ1v) is 6.09. The Kier molecular flexibility index (Phi) is 4.90. The lowest BCUT2D eigenvalue weighted by molar-refractivity contribution is 0.237. The van der Waals surface area contributed by atoms with Gasteiger partial charge in [-0.2, -0.15) is 0 Å². The lowest BCUT2D eigenvalue weighted by atomic mass is 10.0. The van der Waals surface area contributed by atoms with Gasteiger partial charge in [0.05, 0.1) is 0 Å². The van der Waals surface area contributed by atoms with E-state index in [2.05, 4.69) is 25.7 Å². The molecule has 1 rings (SSSR count). The maximum atomic E-state index is 5.90. The summed E-state index contributed by atoms with van der Waals surface area (Å²) in [5.41, 5.74) is 5.90. The summed E-state index contributed by atoms with van der Waals surface area (Å²) in [5, 5.41) is 0. The van der Waals surface area contributed by atoms with E-state index < -0.39 is 0 Å². The molecule has 2 nitrogen and oxygen atoms in total. The Morgan fingerprint density at radius 1 is 1.29 bits per heavy atom. The molecule has 1 aliphatic rings. The van der Waals surface area contributed by atoms with E-state index in [1.807, 2.05) is 0 Å². The highest BCUT2D eigenvalue weighted by Crippen LogP contribution is 2.16. The van der Waals surface area contributed by atoms with Crippen LogP contribution in [0, 0.1) is 5.92 Å². The van der Waals surface area contributed by atoms with E-state index in [0.29, 0.717) is 6.04 Å². The molecule has 0 aliphatic carbocycles. The fraction of sp³-hybridized carbons (Fsp3) is 1.00. The molecule has 1 heterocycles. The number of hydrogen-bond acceptors (Lipinski definition) is 2. The van der Waals surface area contributed by atoms with Gasteiger partial charge in [0.15, 0.2) is 0 Å². The number of nitrogens with two attached hydrogens (primary N) is 1. The zero-order chi connectivity index (χ0) is 10.6. The largest absolute Gasteiger partial charge is 0.326 e. The van der Waals surface area contributed by atoms with Crippen LogP contribution in [0.4, 0.5) is 0 Å². The van der Waals surface area contributed by atoms with Crippen LogP contribution in [0.15, 0.2) is 0 Å². The molecule has 2 unspecified atom stereocenters. The van der Waals surface area contributed by atoms with Gasteiger partial charge in [-0.15, -0.1) is 0 Å². The standard InChI is InChI=1S/C12H26N2/c1-10(2)5-4-6-11(3)14-8-7-12(13)9-14/h10-12H,4-9,13H2,1-3H3. The quantitative estimate of drug-likeness (QED) is 0.734. The van der Waals surface area contributed by atoms with Gasteiger partial charge < -0.3 is 5.73 Å². The van der Waals surface area contributed by atoms with E-state index in [-0.39, 0.29) is 0 Å². The lowest BCUT2D eigenvalue weighted by Gasteiger charge is -2.24. The van der Waals surface area contributed by atoms with Crippen molar-refractivity contribution in [2.45, 2.75) is 58.5 Å². The molecular weight excluding hydrogens is 172 g/mol. The summed E-state index contributed by atoms with van der Waals surface area (Å²) in [6.45, 7) is 9.28. The molecule has 2 N–H and O–H groups in total. The van der Waals surface area contributed by atoms with Crippen LogP contribution in [-0.4, -0.2) is 30.1 Å². The molecule has 0 saturated carbocycles. The number of hydrogen-bond donors (Lipinski definition) is 1. The van der Waals surface area contributed by atoms with Crippen molar-refractivity contribution < 1.29 is 0 Å². The highest BCUT2D eigenvalue weighted by molar-refractivity contribution is 4.81. The maximum Gasteiger partial charge on any atom is 0.0180 e. The summed E-state index contributed by atoms with van der Waals surface area (Å²) in [5.74, 6) is 0.850. The zero-order valence-corrected chi connectivity index (χ0v) is 10.00. The number of nitrogens with zero attached hydrogens (tertiary/aromatic N) is 1. The number of likely N-dealkylation sites (tertiary alicyclic amines) is 1. The third-order valence-electron chi connectivity index (χ3n) is 3.28. The van der Waals surface area contributed by atoms with Crippen molar-refractivity contribution in [2.75, 3.05) is 13.1 Å². The van der Waals surface area contributed by atoms with E-state index in [0.717, 1.165) is 18.5 Å². The Morgan fingerprint density at radius 3 is 2.50 bits per heavy atom. The molecule has 2 atom stereocenters. The molecule has 2 heteroatoms. The average Bonchev–Trinajstić information content (AvgIpc) is 2.51. The van der Waals surface area contributed by atoms with Crippen molar-refractivity contribution in [1.82, 2.24) is 4.90 Å². The molecule has 1 saturated heterocycles. The minimum absolute atomic E-state index is 0.433. The second kappa shape index (κ2) is 5.72. The van der Waals surface area contributed by atoms with Gasteiger partial charge in [-0.05, 0) is 32.2 Å². The van der Waals surface area contributed by atoms with E-state index >= 15 is 0 Å². The average molecular weight is 198 g/mol. The highest BCUT2D eigenvalue weighted by Gasteiger charge is 2.22. The van der Waals surface area contributed by atoms with Gasteiger partial charge in [-0.25, -0.2) is 0 Å². The smallest absolute Gasteiger partial charge is 0.0180 e. The Hall–Kier alpha value is -0.0800. The molecule has 0 bridgehead atoms. The molecule has 0 spiro atoms. The molecule has 0 amide bonds. The molecule has 0 aromatic carbocycles. The van der Waals surface area contributed by atoms with Crippen LogP contribution in [0.25, 0.3) is 0 Å². The number of rotatable bonds is 5. The fourth-order valence-corrected chi connectivity index (χ4v) is 2.22. The maximum absolute atomic E-state index is 5.90. The van der Waals surface area contributed by atoms with Crippen molar-refractivity contribution in [3.05, 3.63) is 0 Å². The fourth-order valence-electron chi connectivity index (χ4n) is 2.22. The molecule has 1 fully saturated rings. The van der Waals surface area contributed by atoms with Gasteiger partial charge in [-0.1, -0.05) is 26.7 Å². The van der Waals surface area contributed by atoms with Crippen LogP contribution in [0.3, 0.4) is 0 Å². The Labute approximate surface area is 88.8 Å². The van der Waals surface area contributed by atoms with Crippen LogP contribution in [0.5, 0.6) is 0 Å². The Balaban J connectivity index is 2.12. The van der Waals surface area contributed by atoms with Crippen LogP contribution < -0.4 is 5.73 Å². The molecule has 0 aromatic heterocycles. The summed E-state index contributed by atoms with van der Waals surface area (Å²) < 4.78 is 0. The van der Waals surface area contributed by atoms with Crippen molar-refractivity contribution in [3.8, 4) is 0 Å². The topological polar surface area (TPSA) is 29.3 Å². The second-order valence-electron chi connectivity index (χ2n) is 5.22. The third kappa shape index (κ3) is 3.97. The van der Waals surface area contributed by atoms with Crippen LogP contribution in [0.2, 0.25) is 0 Å². The Bertz CT molecular complexity index is 156. The lowest BCUT2D eigenvalue weighted by Crippen LogP contribution is -2.33. The minimum Gasteiger partial charge on any atom is -0.326 e. The molecule has 14 heavy (non-hydrogen) atoms. The van der Waals surface area contributed by atoms with Crippen molar-refractivity contribution >= 4 is 0 Å². The highest BCUT2D eigenvalue weighted by atomic mass is 15.2. The SMILES string of the molecule is CC(C)CCCC(C)N1CCC(N)C1. The van der Waals surface area contributed by atoms with Crippen LogP contribution in [-0.2, 0) is 0 Å². The third-order valence-corrected chi connectivity index (χ3v) is 3.28. The minimum atomic E-state index is 0.433. The molecule has 84 valence electrons. The summed E-state index contributed by atoms with van der Waals surface area (Å²) in [4.78, 5) is 2.55. The van der Waals surface area contributed by atoms with E-state index in [4.69, 9.17) is 5.73 Å². The van der Waals surface area contributed by atoms with E-state index in [9.17, 15) is 0 Å². The van der Waals surface area contributed by atoms with Crippen LogP contribution >= 0.6 is 0 Å². The predicted molar refractivity (Wildman–Crippen MR) is 62.3 cm³/mol. The summed E-state index contributed by atoms with van der Waals surface area (Å²) >= 11 is 0. The van der Waals surface area contributed by atoms with Gasteiger partial charge in [0.25, 0.3) is 0 Å². The second-order valence-corrected chi connectivity index (χ2v) is 5.22. The van der Waals surface area contributed by atoms with Crippen molar-refractivity contribution in [1.29, 1.82) is 0 Å². The molecule has 0 radical (unpaired) electrons. The first kappa shape index (κ1) is 12.0. The first-order chi connectivity index (χ1) is 6.59. The molecule has 0 aromatic rings. The summed E-state index contributed by atoms with van der Waals surface area (Å²) in [6.07, 6.45) is 5.26. The van der Waals surface area contributed by atoms with Crippen LogP contribution in [0.1, 0.15) is 46.5 Å². The van der Waals surface area contributed by atoms with E-state index in [1.54, 1.807) is 0 Å². The van der Waals surface area contributed by atoms with Gasteiger partial charge >= 0.3 is 0 Å². The predicted octanol–water partition coefficient (Wildman–Crippen LogP) is 2.23. The molecular formula is C12H26N2. The van der Waals surface area contributed by atoms with Gasteiger partial charge in [-0.3, -0.25) is 4.90 Å². The summed E-state index contributed by atoms with van der Waals surface area (Å²) in [7, 11) is 0. The Morgan fingerprint density at radius 2 is 2.00 bits per heavy atom. The zero-order valence-electron chi connectivity index (χ0n) is 10.00. The first-order valence-electron chi connectivity index (χ1n) is 6.09. The summed E-state index contributed by atoms with van der Waals surface area (Å²) in [6, 6.07) is 1.17. The van der Waals surface area contributed by atoms with Gasteiger partial charge in [0, 0.05) is 18.6 Å².